The average Bonchev–Trinajstić information content (AvgIpc) is 2.51. The first-order valence-electron chi connectivity index (χ1n) is 3.96. The minimum Gasteiger partial charge on any atom is -0.232 e. The lowest BCUT2D eigenvalue weighted by atomic mass is 10.3. The number of rotatable bonds is 4. The normalized spacial score (nSPS) is 13.4. The molecule has 82 valence electrons. The highest BCUT2D eigenvalue weighted by Gasteiger charge is 2.19. The summed E-state index contributed by atoms with van der Waals surface area (Å²) in [6.07, 6.45) is 1.31. The summed E-state index contributed by atoms with van der Waals surface area (Å²) < 4.78 is 25.8. The fourth-order valence-electron chi connectivity index (χ4n) is 0.865. The Balaban J connectivity index is 2.81. The van der Waals surface area contributed by atoms with Crippen LogP contribution in [0.15, 0.2) is 10.4 Å². The van der Waals surface area contributed by atoms with Crippen LogP contribution in [0.4, 0.5) is 0 Å². The van der Waals surface area contributed by atoms with Crippen LogP contribution in [0.5, 0.6) is 0 Å². The van der Waals surface area contributed by atoms with Gasteiger partial charge in [0.2, 0.25) is 0 Å². The van der Waals surface area contributed by atoms with E-state index in [1.54, 1.807) is 6.92 Å². The van der Waals surface area contributed by atoms with Crippen molar-refractivity contribution in [3.05, 3.63) is 10.7 Å². The third kappa shape index (κ3) is 3.43. The quantitative estimate of drug-likeness (QED) is 0.891. The number of nitrogens with zero attached hydrogens (tertiary/aromatic N) is 2. The Morgan fingerprint density at radius 3 is 2.93 bits per heavy atom. The SMILES string of the molecule is CC(CC#N)NS(=O)(=O)c1cnc(Cl)s1. The van der Waals surface area contributed by atoms with Crippen LogP contribution < -0.4 is 4.72 Å². The first kappa shape index (κ1) is 12.4. The summed E-state index contributed by atoms with van der Waals surface area (Å²) in [5.41, 5.74) is 0. The van der Waals surface area contributed by atoms with Crippen molar-refractivity contribution >= 4 is 33.0 Å². The van der Waals surface area contributed by atoms with Crippen molar-refractivity contribution in [3.63, 3.8) is 0 Å². The summed E-state index contributed by atoms with van der Waals surface area (Å²) in [4.78, 5) is 3.64. The number of nitrogens with one attached hydrogen (secondary N) is 1. The fraction of sp³-hybridized carbons (Fsp3) is 0.429. The molecular weight excluding hydrogens is 258 g/mol. The van der Waals surface area contributed by atoms with Crippen LogP contribution in [-0.4, -0.2) is 19.4 Å². The first-order valence-corrected chi connectivity index (χ1v) is 6.64. The zero-order valence-electron chi connectivity index (χ0n) is 7.77. The minimum atomic E-state index is -3.59. The third-order valence-electron chi connectivity index (χ3n) is 1.47. The van der Waals surface area contributed by atoms with Crippen molar-refractivity contribution < 1.29 is 8.42 Å². The Morgan fingerprint density at radius 1 is 1.80 bits per heavy atom. The Bertz CT molecular complexity index is 477. The molecule has 0 aliphatic rings. The van der Waals surface area contributed by atoms with E-state index in [1.165, 1.54) is 6.20 Å². The van der Waals surface area contributed by atoms with E-state index >= 15 is 0 Å². The molecule has 1 atom stereocenters. The average molecular weight is 266 g/mol. The highest BCUT2D eigenvalue weighted by atomic mass is 35.5. The third-order valence-corrected chi connectivity index (χ3v) is 4.64. The Kier molecular flexibility index (Phi) is 4.04. The van der Waals surface area contributed by atoms with Gasteiger partial charge in [-0.3, -0.25) is 0 Å². The lowest BCUT2D eigenvalue weighted by molar-refractivity contribution is 0.565. The van der Waals surface area contributed by atoms with Gasteiger partial charge >= 0.3 is 0 Å². The minimum absolute atomic E-state index is 0.0530. The number of hydrogen-bond acceptors (Lipinski definition) is 5. The maximum atomic E-state index is 11.6. The Morgan fingerprint density at radius 2 is 2.47 bits per heavy atom. The van der Waals surface area contributed by atoms with E-state index in [2.05, 4.69) is 9.71 Å². The second-order valence-electron chi connectivity index (χ2n) is 2.82. The van der Waals surface area contributed by atoms with Crippen molar-refractivity contribution in [1.82, 2.24) is 9.71 Å². The zero-order chi connectivity index (χ0) is 11.5. The van der Waals surface area contributed by atoms with E-state index in [4.69, 9.17) is 16.9 Å². The molecule has 0 aliphatic carbocycles. The molecule has 0 fully saturated rings. The molecule has 1 heterocycles. The van der Waals surface area contributed by atoms with Crippen LogP contribution in [-0.2, 0) is 10.0 Å². The maximum Gasteiger partial charge on any atom is 0.251 e. The molecule has 5 nitrogen and oxygen atoms in total. The van der Waals surface area contributed by atoms with Gasteiger partial charge in [0.25, 0.3) is 10.0 Å². The lowest BCUT2D eigenvalue weighted by Crippen LogP contribution is -2.31. The summed E-state index contributed by atoms with van der Waals surface area (Å²) in [7, 11) is -3.59. The van der Waals surface area contributed by atoms with Gasteiger partial charge in [0.15, 0.2) is 8.68 Å². The van der Waals surface area contributed by atoms with Crippen molar-refractivity contribution in [2.75, 3.05) is 0 Å². The van der Waals surface area contributed by atoms with Crippen molar-refractivity contribution in [3.8, 4) is 6.07 Å². The van der Waals surface area contributed by atoms with Crippen LogP contribution in [0.3, 0.4) is 0 Å². The largest absolute Gasteiger partial charge is 0.251 e. The second kappa shape index (κ2) is 4.90. The Labute approximate surface area is 96.8 Å². The molecule has 0 aromatic carbocycles. The summed E-state index contributed by atoms with van der Waals surface area (Å²) in [5.74, 6) is 0. The van der Waals surface area contributed by atoms with Crippen LogP contribution in [0, 0.1) is 11.3 Å². The molecule has 8 heteroatoms. The van der Waals surface area contributed by atoms with E-state index in [0.717, 1.165) is 11.3 Å². The van der Waals surface area contributed by atoms with Crippen molar-refractivity contribution in [2.24, 2.45) is 0 Å². The van der Waals surface area contributed by atoms with Gasteiger partial charge < -0.3 is 0 Å². The molecule has 1 rings (SSSR count). The molecule has 0 aliphatic heterocycles. The van der Waals surface area contributed by atoms with Gasteiger partial charge in [-0.25, -0.2) is 18.1 Å². The smallest absolute Gasteiger partial charge is 0.232 e. The van der Waals surface area contributed by atoms with Crippen molar-refractivity contribution in [2.45, 2.75) is 23.6 Å². The number of hydrogen-bond donors (Lipinski definition) is 1. The number of thiazole rings is 1. The molecule has 0 amide bonds. The van der Waals surface area contributed by atoms with Gasteiger partial charge in [-0.2, -0.15) is 5.26 Å². The Hall–Kier alpha value is -0.680. The molecule has 1 aromatic rings. The molecule has 15 heavy (non-hydrogen) atoms. The monoisotopic (exact) mass is 265 g/mol. The zero-order valence-corrected chi connectivity index (χ0v) is 10.2. The number of halogens is 1. The molecule has 0 spiro atoms. The highest BCUT2D eigenvalue weighted by molar-refractivity contribution is 7.91. The second-order valence-corrected chi connectivity index (χ2v) is 6.37. The van der Waals surface area contributed by atoms with E-state index in [1.807, 2.05) is 6.07 Å². The summed E-state index contributed by atoms with van der Waals surface area (Å²) >= 11 is 6.40. The molecular formula is C7H8ClN3O2S2. The van der Waals surface area contributed by atoms with E-state index < -0.39 is 16.1 Å². The number of nitriles is 1. The molecule has 0 saturated carbocycles. The van der Waals surface area contributed by atoms with E-state index in [-0.39, 0.29) is 15.1 Å². The summed E-state index contributed by atoms with van der Waals surface area (Å²) in [5, 5.41) is 8.39. The molecule has 0 radical (unpaired) electrons. The first-order chi connectivity index (χ1) is 6.95. The van der Waals surface area contributed by atoms with Gasteiger partial charge in [0.05, 0.1) is 18.7 Å². The lowest BCUT2D eigenvalue weighted by Gasteiger charge is -2.08. The summed E-state index contributed by atoms with van der Waals surface area (Å²) in [6.45, 7) is 1.61. The van der Waals surface area contributed by atoms with E-state index in [9.17, 15) is 8.42 Å². The van der Waals surface area contributed by atoms with Crippen molar-refractivity contribution in [1.29, 1.82) is 5.26 Å². The number of sulfonamides is 1. The molecule has 0 bridgehead atoms. The number of aromatic nitrogens is 1. The van der Waals surface area contributed by atoms with Gasteiger partial charge in [-0.15, -0.1) is 0 Å². The molecule has 1 aromatic heterocycles. The predicted octanol–water partition coefficient (Wildman–Crippen LogP) is 1.38. The van der Waals surface area contributed by atoms with Crippen LogP contribution >= 0.6 is 22.9 Å². The van der Waals surface area contributed by atoms with Gasteiger partial charge in [0.1, 0.15) is 0 Å². The standard InChI is InChI=1S/C7H8ClN3O2S2/c1-5(2-3-9)11-15(12,13)6-4-10-7(8)14-6/h4-5,11H,2H2,1H3. The summed E-state index contributed by atoms with van der Waals surface area (Å²) in [6, 6.07) is 1.45. The van der Waals surface area contributed by atoms with Crippen LogP contribution in [0.2, 0.25) is 4.47 Å². The molecule has 1 N–H and O–H groups in total. The van der Waals surface area contributed by atoms with Gasteiger partial charge in [-0.05, 0) is 6.92 Å². The molecule has 0 saturated heterocycles. The van der Waals surface area contributed by atoms with Gasteiger partial charge in [0, 0.05) is 6.04 Å². The van der Waals surface area contributed by atoms with Gasteiger partial charge in [-0.1, -0.05) is 22.9 Å². The highest BCUT2D eigenvalue weighted by Crippen LogP contribution is 2.22. The van der Waals surface area contributed by atoms with E-state index in [0.29, 0.717) is 0 Å². The predicted molar refractivity (Wildman–Crippen MR) is 57.1 cm³/mol. The van der Waals surface area contributed by atoms with Crippen LogP contribution in [0.1, 0.15) is 13.3 Å². The maximum absolute atomic E-state index is 11.6. The topological polar surface area (TPSA) is 82.9 Å². The molecule has 1 unspecified atom stereocenters. The fourth-order valence-corrected chi connectivity index (χ4v) is 3.42. The van der Waals surface area contributed by atoms with Crippen LogP contribution in [0.25, 0.3) is 0 Å².